The number of rotatable bonds is 1. The van der Waals surface area contributed by atoms with E-state index in [1.165, 1.54) is 11.3 Å². The lowest BCUT2D eigenvalue weighted by molar-refractivity contribution is 1.09. The highest BCUT2D eigenvalue weighted by Gasteiger charge is 2.02. The minimum absolute atomic E-state index is 0.475. The van der Waals surface area contributed by atoms with Crippen LogP contribution in [0.5, 0.6) is 0 Å². The monoisotopic (exact) mass is 197 g/mol. The number of hydrogen-bond acceptors (Lipinski definition) is 4. The Morgan fingerprint density at radius 2 is 2.25 bits per heavy atom. The van der Waals surface area contributed by atoms with Crippen LogP contribution in [0.3, 0.4) is 0 Å². The van der Waals surface area contributed by atoms with Crippen molar-refractivity contribution in [3.8, 4) is 10.7 Å². The summed E-state index contributed by atoms with van der Waals surface area (Å²) in [6.45, 7) is 0. The fourth-order valence-electron chi connectivity index (χ4n) is 0.812. The van der Waals surface area contributed by atoms with Gasteiger partial charge in [-0.15, -0.1) is 10.2 Å². The van der Waals surface area contributed by atoms with Gasteiger partial charge in [0.25, 0.3) is 0 Å². The van der Waals surface area contributed by atoms with Crippen molar-refractivity contribution in [3.63, 3.8) is 0 Å². The van der Waals surface area contributed by atoms with Crippen LogP contribution < -0.4 is 0 Å². The number of nitrogens with zero attached hydrogens (tertiary/aromatic N) is 3. The van der Waals surface area contributed by atoms with Crippen molar-refractivity contribution in [1.82, 2.24) is 15.2 Å². The summed E-state index contributed by atoms with van der Waals surface area (Å²) in [5.74, 6) is 0. The first-order valence-corrected chi connectivity index (χ1v) is 4.51. The van der Waals surface area contributed by atoms with Crippen molar-refractivity contribution in [3.05, 3.63) is 28.9 Å². The SMILES string of the molecule is Clc1cccc(-c2nncs2)n1. The Hall–Kier alpha value is -1.00. The molecule has 3 nitrogen and oxygen atoms in total. The van der Waals surface area contributed by atoms with Crippen LogP contribution in [-0.4, -0.2) is 15.2 Å². The van der Waals surface area contributed by atoms with E-state index in [1.54, 1.807) is 11.6 Å². The van der Waals surface area contributed by atoms with Crippen LogP contribution in [0, 0.1) is 0 Å². The lowest BCUT2D eigenvalue weighted by atomic mass is 10.4. The van der Waals surface area contributed by atoms with E-state index >= 15 is 0 Å². The third kappa shape index (κ3) is 1.44. The van der Waals surface area contributed by atoms with Gasteiger partial charge < -0.3 is 0 Å². The van der Waals surface area contributed by atoms with E-state index in [2.05, 4.69) is 15.2 Å². The maximum atomic E-state index is 5.71. The Kier molecular flexibility index (Phi) is 2.01. The number of halogens is 1. The molecule has 0 fully saturated rings. The third-order valence-corrected chi connectivity index (χ3v) is 2.22. The lowest BCUT2D eigenvalue weighted by Crippen LogP contribution is -1.81. The summed E-state index contributed by atoms with van der Waals surface area (Å²) in [6.07, 6.45) is 0. The van der Waals surface area contributed by atoms with Gasteiger partial charge >= 0.3 is 0 Å². The van der Waals surface area contributed by atoms with Gasteiger partial charge in [0.2, 0.25) is 0 Å². The van der Waals surface area contributed by atoms with Crippen LogP contribution in [0.4, 0.5) is 0 Å². The van der Waals surface area contributed by atoms with Gasteiger partial charge in [-0.3, -0.25) is 0 Å². The lowest BCUT2D eigenvalue weighted by Gasteiger charge is -1.93. The summed E-state index contributed by atoms with van der Waals surface area (Å²) in [7, 11) is 0. The predicted octanol–water partition coefficient (Wildman–Crippen LogP) is 2.25. The topological polar surface area (TPSA) is 38.7 Å². The summed E-state index contributed by atoms with van der Waals surface area (Å²) in [5.41, 5.74) is 2.43. The number of hydrogen-bond donors (Lipinski definition) is 0. The highest BCUT2D eigenvalue weighted by molar-refractivity contribution is 7.12. The fraction of sp³-hybridized carbons (Fsp3) is 0. The summed E-state index contributed by atoms with van der Waals surface area (Å²) in [4.78, 5) is 4.09. The minimum atomic E-state index is 0.475. The number of pyridine rings is 1. The molecular weight excluding hydrogens is 194 g/mol. The quantitative estimate of drug-likeness (QED) is 0.659. The van der Waals surface area contributed by atoms with Crippen LogP contribution in [-0.2, 0) is 0 Å². The first kappa shape index (κ1) is 7.64. The molecule has 0 aliphatic rings. The Bertz CT molecular complexity index is 374. The predicted molar refractivity (Wildman–Crippen MR) is 48.2 cm³/mol. The average Bonchev–Trinajstić information content (AvgIpc) is 2.56. The van der Waals surface area contributed by atoms with Crippen molar-refractivity contribution in [2.75, 3.05) is 0 Å². The molecule has 2 rings (SSSR count). The highest BCUT2D eigenvalue weighted by atomic mass is 35.5. The molecule has 0 radical (unpaired) electrons. The van der Waals surface area contributed by atoms with E-state index < -0.39 is 0 Å². The van der Waals surface area contributed by atoms with Gasteiger partial charge in [0.05, 0.1) is 0 Å². The van der Waals surface area contributed by atoms with Gasteiger partial charge in [0.15, 0.2) is 5.01 Å². The summed E-state index contributed by atoms with van der Waals surface area (Å²) < 4.78 is 0. The molecule has 12 heavy (non-hydrogen) atoms. The maximum absolute atomic E-state index is 5.71. The molecule has 0 unspecified atom stereocenters. The smallest absolute Gasteiger partial charge is 0.166 e. The normalized spacial score (nSPS) is 10.1. The van der Waals surface area contributed by atoms with E-state index in [-0.39, 0.29) is 0 Å². The van der Waals surface area contributed by atoms with Crippen LogP contribution in [0.2, 0.25) is 5.15 Å². The minimum Gasteiger partial charge on any atom is -0.234 e. The van der Waals surface area contributed by atoms with Crippen molar-refractivity contribution in [2.24, 2.45) is 0 Å². The molecule has 2 aromatic rings. The van der Waals surface area contributed by atoms with E-state index in [0.717, 1.165) is 10.7 Å². The van der Waals surface area contributed by atoms with Gasteiger partial charge in [0, 0.05) is 0 Å². The molecule has 0 atom stereocenters. The Labute approximate surface area is 78.1 Å². The largest absolute Gasteiger partial charge is 0.234 e. The van der Waals surface area contributed by atoms with Crippen LogP contribution in [0.1, 0.15) is 0 Å². The molecule has 0 saturated carbocycles. The molecule has 2 aromatic heterocycles. The molecule has 0 spiro atoms. The summed E-state index contributed by atoms with van der Waals surface area (Å²) in [5, 5.41) is 8.85. The second-order valence-corrected chi connectivity index (χ2v) is 3.31. The van der Waals surface area contributed by atoms with E-state index in [9.17, 15) is 0 Å². The Morgan fingerprint density at radius 1 is 1.33 bits per heavy atom. The van der Waals surface area contributed by atoms with Gasteiger partial charge in [-0.25, -0.2) is 4.98 Å². The third-order valence-electron chi connectivity index (χ3n) is 1.29. The van der Waals surface area contributed by atoms with Crippen LogP contribution in [0.15, 0.2) is 23.7 Å². The van der Waals surface area contributed by atoms with Gasteiger partial charge in [-0.2, -0.15) is 0 Å². The van der Waals surface area contributed by atoms with Crippen molar-refractivity contribution in [1.29, 1.82) is 0 Å². The van der Waals surface area contributed by atoms with E-state index in [0.29, 0.717) is 5.15 Å². The molecule has 0 bridgehead atoms. The number of aromatic nitrogens is 3. The molecule has 0 amide bonds. The molecule has 0 aliphatic carbocycles. The second-order valence-electron chi connectivity index (χ2n) is 2.09. The van der Waals surface area contributed by atoms with Crippen molar-refractivity contribution in [2.45, 2.75) is 0 Å². The second kappa shape index (κ2) is 3.16. The molecule has 2 heterocycles. The van der Waals surface area contributed by atoms with Crippen LogP contribution in [0.25, 0.3) is 10.7 Å². The summed E-state index contributed by atoms with van der Waals surface area (Å²) >= 11 is 7.15. The maximum Gasteiger partial charge on any atom is 0.166 e. The van der Waals surface area contributed by atoms with Gasteiger partial charge in [-0.1, -0.05) is 29.0 Å². The molecule has 5 heteroatoms. The molecule has 0 aliphatic heterocycles. The first-order chi connectivity index (χ1) is 5.86. The Morgan fingerprint density at radius 3 is 2.92 bits per heavy atom. The van der Waals surface area contributed by atoms with Gasteiger partial charge in [0.1, 0.15) is 16.4 Å². The first-order valence-electron chi connectivity index (χ1n) is 3.25. The van der Waals surface area contributed by atoms with Crippen molar-refractivity contribution < 1.29 is 0 Å². The summed E-state index contributed by atoms with van der Waals surface area (Å²) in [6, 6.07) is 5.42. The zero-order valence-electron chi connectivity index (χ0n) is 5.94. The van der Waals surface area contributed by atoms with E-state index in [1.807, 2.05) is 12.1 Å². The average molecular weight is 198 g/mol. The Balaban J connectivity index is 2.48. The standard InChI is InChI=1S/C7H4ClN3S/c8-6-3-1-2-5(10-6)7-11-9-4-12-7/h1-4H. The van der Waals surface area contributed by atoms with Crippen LogP contribution >= 0.6 is 22.9 Å². The fourth-order valence-corrected chi connectivity index (χ4v) is 1.50. The van der Waals surface area contributed by atoms with Crippen molar-refractivity contribution >= 4 is 22.9 Å². The zero-order valence-corrected chi connectivity index (χ0v) is 7.51. The molecule has 60 valence electrons. The van der Waals surface area contributed by atoms with Gasteiger partial charge in [-0.05, 0) is 12.1 Å². The molecule has 0 N–H and O–H groups in total. The molecular formula is C7H4ClN3S. The zero-order chi connectivity index (χ0) is 8.39. The highest BCUT2D eigenvalue weighted by Crippen LogP contribution is 2.19. The molecule has 0 aromatic carbocycles. The van der Waals surface area contributed by atoms with E-state index in [4.69, 9.17) is 11.6 Å². The molecule has 0 saturated heterocycles.